The Kier molecular flexibility index (Phi) is 4.42. The van der Waals surface area contributed by atoms with Crippen molar-refractivity contribution in [3.05, 3.63) is 42.1 Å². The average molecular weight is 340 g/mol. The number of likely N-dealkylation sites (tertiary alicyclic amines) is 1. The van der Waals surface area contributed by atoms with E-state index < -0.39 is 0 Å². The van der Waals surface area contributed by atoms with Gasteiger partial charge in [0.05, 0.1) is 7.11 Å². The molecule has 6 heteroatoms. The van der Waals surface area contributed by atoms with Gasteiger partial charge in [0.1, 0.15) is 5.82 Å². The van der Waals surface area contributed by atoms with Crippen LogP contribution in [0.4, 0.5) is 0 Å². The number of ether oxygens (including phenoxy) is 1. The van der Waals surface area contributed by atoms with Crippen molar-refractivity contribution < 1.29 is 9.53 Å². The van der Waals surface area contributed by atoms with E-state index in [0.29, 0.717) is 17.4 Å². The van der Waals surface area contributed by atoms with Gasteiger partial charge in [-0.3, -0.25) is 4.79 Å². The van der Waals surface area contributed by atoms with Gasteiger partial charge in [0, 0.05) is 55.8 Å². The van der Waals surface area contributed by atoms with Gasteiger partial charge in [-0.1, -0.05) is 0 Å². The third-order valence-corrected chi connectivity index (χ3v) is 5.24. The fourth-order valence-corrected chi connectivity index (χ4v) is 3.59. The summed E-state index contributed by atoms with van der Waals surface area (Å²) in [5, 5.41) is 0. The standard InChI is InChI=1S/C19H24N4O2/c1-25-17-12-16(4-7-20-17)19(24)22-9-5-15(6-10-22)18-21-8-11-23(18)13-14-2-3-14/h4,7-8,11-12,14-15H,2-3,5-6,9-10,13H2,1H3. The largest absolute Gasteiger partial charge is 0.481 e. The van der Waals surface area contributed by atoms with E-state index >= 15 is 0 Å². The van der Waals surface area contributed by atoms with Crippen LogP contribution in [0.5, 0.6) is 5.88 Å². The SMILES string of the molecule is COc1cc(C(=O)N2CCC(c3nccn3CC3CC3)CC2)ccn1. The summed E-state index contributed by atoms with van der Waals surface area (Å²) in [5.41, 5.74) is 0.639. The number of rotatable bonds is 5. The molecule has 2 fully saturated rings. The van der Waals surface area contributed by atoms with E-state index in [9.17, 15) is 4.79 Å². The van der Waals surface area contributed by atoms with Crippen molar-refractivity contribution in [1.29, 1.82) is 0 Å². The Morgan fingerprint density at radius 3 is 2.72 bits per heavy atom. The highest BCUT2D eigenvalue weighted by molar-refractivity contribution is 5.94. The molecule has 1 aliphatic carbocycles. The van der Waals surface area contributed by atoms with Crippen molar-refractivity contribution in [2.45, 2.75) is 38.1 Å². The molecule has 6 nitrogen and oxygen atoms in total. The summed E-state index contributed by atoms with van der Waals surface area (Å²) in [4.78, 5) is 23.3. The molecule has 2 aliphatic rings. The van der Waals surface area contributed by atoms with Gasteiger partial charge in [0.2, 0.25) is 5.88 Å². The number of aromatic nitrogens is 3. The molecular formula is C19H24N4O2. The van der Waals surface area contributed by atoms with Gasteiger partial charge in [0.15, 0.2) is 0 Å². The van der Waals surface area contributed by atoms with Gasteiger partial charge >= 0.3 is 0 Å². The molecule has 0 N–H and O–H groups in total. The number of carbonyl (C=O) groups excluding carboxylic acids is 1. The second-order valence-electron chi connectivity index (χ2n) is 7.03. The second kappa shape index (κ2) is 6.86. The van der Waals surface area contributed by atoms with Crippen LogP contribution in [0.3, 0.4) is 0 Å². The zero-order valence-electron chi connectivity index (χ0n) is 14.6. The van der Waals surface area contributed by atoms with E-state index in [2.05, 4.69) is 20.7 Å². The number of carbonyl (C=O) groups is 1. The van der Waals surface area contributed by atoms with Crippen LogP contribution >= 0.6 is 0 Å². The number of pyridine rings is 1. The molecule has 0 atom stereocenters. The monoisotopic (exact) mass is 340 g/mol. The summed E-state index contributed by atoms with van der Waals surface area (Å²) in [6.07, 6.45) is 10.3. The summed E-state index contributed by atoms with van der Waals surface area (Å²) in [5.74, 6) is 3.02. The van der Waals surface area contributed by atoms with Crippen LogP contribution in [0.2, 0.25) is 0 Å². The van der Waals surface area contributed by atoms with Crippen LogP contribution in [-0.4, -0.2) is 45.5 Å². The quantitative estimate of drug-likeness (QED) is 0.840. The zero-order valence-corrected chi connectivity index (χ0v) is 14.6. The van der Waals surface area contributed by atoms with Gasteiger partial charge in [-0.05, 0) is 37.7 Å². The number of methoxy groups -OCH3 is 1. The fraction of sp³-hybridized carbons (Fsp3) is 0.526. The lowest BCUT2D eigenvalue weighted by atomic mass is 9.95. The Bertz CT molecular complexity index is 745. The summed E-state index contributed by atoms with van der Waals surface area (Å²) in [6, 6.07) is 3.45. The van der Waals surface area contributed by atoms with Crippen molar-refractivity contribution in [3.8, 4) is 5.88 Å². The van der Waals surface area contributed by atoms with Crippen LogP contribution < -0.4 is 4.74 Å². The molecule has 1 aliphatic heterocycles. The highest BCUT2D eigenvalue weighted by Gasteiger charge is 2.29. The molecule has 25 heavy (non-hydrogen) atoms. The van der Waals surface area contributed by atoms with Crippen molar-refractivity contribution in [2.75, 3.05) is 20.2 Å². The number of imidazole rings is 1. The molecule has 0 aromatic carbocycles. The first kappa shape index (κ1) is 16.1. The smallest absolute Gasteiger partial charge is 0.254 e. The fourth-order valence-electron chi connectivity index (χ4n) is 3.59. The Labute approximate surface area is 147 Å². The maximum atomic E-state index is 12.7. The first-order chi connectivity index (χ1) is 12.2. The number of amides is 1. The van der Waals surface area contributed by atoms with Crippen LogP contribution in [0.15, 0.2) is 30.7 Å². The van der Waals surface area contributed by atoms with Gasteiger partial charge in [-0.2, -0.15) is 0 Å². The first-order valence-corrected chi connectivity index (χ1v) is 9.05. The maximum Gasteiger partial charge on any atom is 0.254 e. The molecule has 0 radical (unpaired) electrons. The lowest BCUT2D eigenvalue weighted by Crippen LogP contribution is -2.38. The predicted molar refractivity (Wildman–Crippen MR) is 93.6 cm³/mol. The molecule has 3 heterocycles. The predicted octanol–water partition coefficient (Wildman–Crippen LogP) is 2.72. The molecule has 1 saturated heterocycles. The van der Waals surface area contributed by atoms with E-state index in [1.165, 1.54) is 18.7 Å². The zero-order chi connectivity index (χ0) is 17.2. The van der Waals surface area contributed by atoms with Gasteiger partial charge in [-0.15, -0.1) is 0 Å². The van der Waals surface area contributed by atoms with Crippen LogP contribution in [-0.2, 0) is 6.54 Å². The third kappa shape index (κ3) is 3.52. The Morgan fingerprint density at radius 1 is 1.20 bits per heavy atom. The Hall–Kier alpha value is -2.37. The topological polar surface area (TPSA) is 60.2 Å². The first-order valence-electron chi connectivity index (χ1n) is 9.05. The minimum Gasteiger partial charge on any atom is -0.481 e. The second-order valence-corrected chi connectivity index (χ2v) is 7.03. The minimum atomic E-state index is 0.0560. The van der Waals surface area contributed by atoms with E-state index in [1.807, 2.05) is 11.1 Å². The van der Waals surface area contributed by atoms with Crippen LogP contribution in [0, 0.1) is 5.92 Å². The Morgan fingerprint density at radius 2 is 2.00 bits per heavy atom. The van der Waals surface area contributed by atoms with Crippen LogP contribution in [0.25, 0.3) is 0 Å². The lowest BCUT2D eigenvalue weighted by molar-refractivity contribution is 0.0709. The number of hydrogen-bond acceptors (Lipinski definition) is 4. The minimum absolute atomic E-state index is 0.0560. The maximum absolute atomic E-state index is 12.7. The highest BCUT2D eigenvalue weighted by atomic mass is 16.5. The molecule has 2 aromatic rings. The molecule has 0 spiro atoms. The number of piperidine rings is 1. The van der Waals surface area contributed by atoms with Crippen molar-refractivity contribution in [2.24, 2.45) is 5.92 Å². The van der Waals surface area contributed by atoms with E-state index in [-0.39, 0.29) is 5.91 Å². The average Bonchev–Trinajstić information content (AvgIpc) is 3.36. The summed E-state index contributed by atoms with van der Waals surface area (Å²) in [7, 11) is 1.56. The summed E-state index contributed by atoms with van der Waals surface area (Å²) >= 11 is 0. The molecular weight excluding hydrogens is 316 g/mol. The van der Waals surface area contributed by atoms with Crippen molar-refractivity contribution >= 4 is 5.91 Å². The number of hydrogen-bond donors (Lipinski definition) is 0. The molecule has 1 amide bonds. The van der Waals surface area contributed by atoms with Gasteiger partial charge in [0.25, 0.3) is 5.91 Å². The molecule has 0 bridgehead atoms. The molecule has 1 saturated carbocycles. The number of nitrogens with zero attached hydrogens (tertiary/aromatic N) is 4. The van der Waals surface area contributed by atoms with Crippen molar-refractivity contribution in [3.63, 3.8) is 0 Å². The van der Waals surface area contributed by atoms with Crippen molar-refractivity contribution in [1.82, 2.24) is 19.4 Å². The van der Waals surface area contributed by atoms with E-state index in [1.54, 1.807) is 25.4 Å². The van der Waals surface area contributed by atoms with Crippen LogP contribution in [0.1, 0.15) is 47.8 Å². The van der Waals surface area contributed by atoms with E-state index in [4.69, 9.17) is 4.74 Å². The summed E-state index contributed by atoms with van der Waals surface area (Å²) < 4.78 is 7.44. The van der Waals surface area contributed by atoms with Gasteiger partial charge in [-0.25, -0.2) is 9.97 Å². The molecule has 4 rings (SSSR count). The third-order valence-electron chi connectivity index (χ3n) is 5.24. The molecule has 132 valence electrons. The molecule has 2 aromatic heterocycles. The highest BCUT2D eigenvalue weighted by Crippen LogP contribution is 2.33. The van der Waals surface area contributed by atoms with E-state index in [0.717, 1.165) is 38.4 Å². The summed E-state index contributed by atoms with van der Waals surface area (Å²) in [6.45, 7) is 2.64. The Balaban J connectivity index is 1.39. The normalized spacial score (nSPS) is 18.4. The molecule has 0 unspecified atom stereocenters. The van der Waals surface area contributed by atoms with Gasteiger partial charge < -0.3 is 14.2 Å². The lowest BCUT2D eigenvalue weighted by Gasteiger charge is -2.32.